The van der Waals surface area contributed by atoms with Crippen LogP contribution in [0.3, 0.4) is 0 Å². The third-order valence-corrected chi connectivity index (χ3v) is 12.5. The van der Waals surface area contributed by atoms with Gasteiger partial charge in [0, 0.05) is 64.3 Å². The van der Waals surface area contributed by atoms with E-state index in [0.717, 1.165) is 60.9 Å². The number of hydrogen-bond acceptors (Lipinski definition) is 7. The van der Waals surface area contributed by atoms with E-state index in [4.69, 9.17) is 29.9 Å². The van der Waals surface area contributed by atoms with E-state index in [2.05, 4.69) is 114 Å². The van der Waals surface area contributed by atoms with Crippen LogP contribution in [0.4, 0.5) is 0 Å². The molecular formula is C54H33N7S. The quantitative estimate of drug-likeness (QED) is 0.159. The van der Waals surface area contributed by atoms with Gasteiger partial charge in [0.2, 0.25) is 0 Å². The molecular weight excluding hydrogens is 779 g/mol. The third-order valence-electron chi connectivity index (χ3n) is 11.3. The maximum atomic E-state index is 5.37. The Kier molecular flexibility index (Phi) is 8.53. The van der Waals surface area contributed by atoms with Crippen molar-refractivity contribution in [3.05, 3.63) is 200 Å². The number of nitrogens with zero attached hydrogens (tertiary/aromatic N) is 7. The van der Waals surface area contributed by atoms with Crippen molar-refractivity contribution in [1.29, 1.82) is 0 Å². The summed E-state index contributed by atoms with van der Waals surface area (Å²) in [6.07, 6.45) is 0. The topological polar surface area (TPSA) is 82.3 Å². The molecule has 4 aromatic heterocycles. The van der Waals surface area contributed by atoms with Crippen LogP contribution in [0, 0.1) is 0 Å². The SMILES string of the molecule is c1ccc(-c2nc(-c3ccccc3)nc(-c3ccc(-n4c5ccccc5c5ccccc54)c(-c4nc(-c5ccccc5)nc(-c5ccc6c(c5)sc5ccccc56)n4)c3)n2)cc1. The monoisotopic (exact) mass is 811 g/mol. The molecule has 12 rings (SSSR count). The lowest BCUT2D eigenvalue weighted by molar-refractivity contribution is 1.06. The van der Waals surface area contributed by atoms with Crippen molar-refractivity contribution in [2.24, 2.45) is 0 Å². The van der Waals surface area contributed by atoms with Crippen molar-refractivity contribution in [2.75, 3.05) is 0 Å². The van der Waals surface area contributed by atoms with Crippen LogP contribution < -0.4 is 0 Å². The van der Waals surface area contributed by atoms with Gasteiger partial charge in [0.05, 0.1) is 16.7 Å². The highest BCUT2D eigenvalue weighted by atomic mass is 32.1. The molecule has 0 aliphatic carbocycles. The zero-order chi connectivity index (χ0) is 41.0. The zero-order valence-corrected chi connectivity index (χ0v) is 33.9. The first-order valence-corrected chi connectivity index (χ1v) is 21.3. The van der Waals surface area contributed by atoms with Crippen molar-refractivity contribution in [1.82, 2.24) is 34.5 Å². The van der Waals surface area contributed by atoms with E-state index in [1.807, 2.05) is 91.0 Å². The summed E-state index contributed by atoms with van der Waals surface area (Å²) in [5.41, 5.74) is 8.30. The molecule has 62 heavy (non-hydrogen) atoms. The minimum atomic E-state index is 0.532. The fourth-order valence-corrected chi connectivity index (χ4v) is 9.52. The molecule has 0 atom stereocenters. The Bertz CT molecular complexity index is 3530. The number of benzene rings is 8. The van der Waals surface area contributed by atoms with E-state index >= 15 is 0 Å². The predicted octanol–water partition coefficient (Wildman–Crippen LogP) is 13.5. The van der Waals surface area contributed by atoms with E-state index in [-0.39, 0.29) is 0 Å². The Labute approximate surface area is 360 Å². The molecule has 7 nitrogen and oxygen atoms in total. The minimum Gasteiger partial charge on any atom is -0.309 e. The molecule has 0 N–H and O–H groups in total. The smallest absolute Gasteiger partial charge is 0.166 e. The van der Waals surface area contributed by atoms with Gasteiger partial charge in [0.25, 0.3) is 0 Å². The lowest BCUT2D eigenvalue weighted by Crippen LogP contribution is -2.05. The van der Waals surface area contributed by atoms with Crippen LogP contribution in [0.5, 0.6) is 0 Å². The van der Waals surface area contributed by atoms with Gasteiger partial charge in [0.1, 0.15) is 0 Å². The van der Waals surface area contributed by atoms with Gasteiger partial charge < -0.3 is 4.57 Å². The largest absolute Gasteiger partial charge is 0.309 e. The van der Waals surface area contributed by atoms with E-state index in [9.17, 15) is 0 Å². The molecule has 4 heterocycles. The Hall–Kier alpha value is -8.20. The normalized spacial score (nSPS) is 11.5. The molecule has 8 heteroatoms. The molecule has 0 radical (unpaired) electrons. The third kappa shape index (κ3) is 6.20. The highest BCUT2D eigenvalue weighted by Crippen LogP contribution is 2.40. The zero-order valence-electron chi connectivity index (χ0n) is 33.1. The number of fused-ring (bicyclic) bond motifs is 6. The molecule has 12 aromatic rings. The highest BCUT2D eigenvalue weighted by molar-refractivity contribution is 7.25. The summed E-state index contributed by atoms with van der Waals surface area (Å²) in [6.45, 7) is 0. The minimum absolute atomic E-state index is 0.532. The van der Waals surface area contributed by atoms with Gasteiger partial charge in [-0.05, 0) is 42.5 Å². The van der Waals surface area contributed by atoms with Crippen LogP contribution in [0.2, 0.25) is 0 Å². The summed E-state index contributed by atoms with van der Waals surface area (Å²) in [7, 11) is 0. The fourth-order valence-electron chi connectivity index (χ4n) is 8.38. The number of thiophene rings is 1. The van der Waals surface area contributed by atoms with Crippen molar-refractivity contribution >= 4 is 53.3 Å². The van der Waals surface area contributed by atoms with E-state index in [0.29, 0.717) is 34.9 Å². The maximum Gasteiger partial charge on any atom is 0.166 e. The van der Waals surface area contributed by atoms with Crippen molar-refractivity contribution < 1.29 is 0 Å². The van der Waals surface area contributed by atoms with E-state index in [1.165, 1.54) is 20.2 Å². The number of aromatic nitrogens is 7. The highest BCUT2D eigenvalue weighted by Gasteiger charge is 2.22. The number of rotatable bonds is 7. The Morgan fingerprint density at radius 3 is 1.24 bits per heavy atom. The molecule has 8 aromatic carbocycles. The van der Waals surface area contributed by atoms with Crippen molar-refractivity contribution in [2.45, 2.75) is 0 Å². The van der Waals surface area contributed by atoms with Crippen LogP contribution in [0.15, 0.2) is 200 Å². The molecule has 0 fully saturated rings. The lowest BCUT2D eigenvalue weighted by atomic mass is 10.1. The van der Waals surface area contributed by atoms with Crippen LogP contribution in [-0.2, 0) is 0 Å². The molecule has 0 aliphatic rings. The average molecular weight is 812 g/mol. The van der Waals surface area contributed by atoms with Crippen LogP contribution in [0.1, 0.15) is 0 Å². The molecule has 0 saturated heterocycles. The molecule has 0 bridgehead atoms. The predicted molar refractivity (Wildman–Crippen MR) is 253 cm³/mol. The summed E-state index contributed by atoms with van der Waals surface area (Å²) in [5.74, 6) is 3.43. The fraction of sp³-hybridized carbons (Fsp3) is 0. The molecule has 0 saturated carbocycles. The van der Waals surface area contributed by atoms with Gasteiger partial charge >= 0.3 is 0 Å². The van der Waals surface area contributed by atoms with Crippen LogP contribution in [-0.4, -0.2) is 34.5 Å². The van der Waals surface area contributed by atoms with Gasteiger partial charge in [-0.3, -0.25) is 0 Å². The second-order valence-corrected chi connectivity index (χ2v) is 16.2. The Morgan fingerprint density at radius 2 is 0.694 bits per heavy atom. The molecule has 0 spiro atoms. The molecule has 0 amide bonds. The van der Waals surface area contributed by atoms with Gasteiger partial charge in [-0.25, -0.2) is 29.9 Å². The van der Waals surface area contributed by atoms with Crippen molar-refractivity contribution in [3.63, 3.8) is 0 Å². The van der Waals surface area contributed by atoms with Gasteiger partial charge in [0.15, 0.2) is 34.9 Å². The van der Waals surface area contributed by atoms with Gasteiger partial charge in [-0.15, -0.1) is 11.3 Å². The summed E-state index contributed by atoms with van der Waals surface area (Å²) in [6, 6.07) is 68.7. The first-order valence-electron chi connectivity index (χ1n) is 20.5. The summed E-state index contributed by atoms with van der Waals surface area (Å²) in [5, 5.41) is 4.79. The molecule has 290 valence electrons. The average Bonchev–Trinajstić information content (AvgIpc) is 3.90. The summed E-state index contributed by atoms with van der Waals surface area (Å²) in [4.78, 5) is 31.1. The summed E-state index contributed by atoms with van der Waals surface area (Å²) < 4.78 is 4.74. The first kappa shape index (κ1) is 35.7. The van der Waals surface area contributed by atoms with Crippen LogP contribution >= 0.6 is 11.3 Å². The lowest BCUT2D eigenvalue weighted by Gasteiger charge is -2.16. The van der Waals surface area contributed by atoms with E-state index < -0.39 is 0 Å². The number of para-hydroxylation sites is 2. The molecule has 0 unspecified atom stereocenters. The standard InChI is InChI=1S/C54H33N7S/c1-4-16-34(17-5-1)49-55-50(35-18-6-2-7-19-35)57-52(56-49)37-29-31-46(61-44-25-13-10-22-39(44)40-23-11-14-26-45(40)61)43(32-37)54-59-51(36-20-8-3-9-21-36)58-53(60-54)38-28-30-42-41-24-12-15-27-47(41)62-48(42)33-38/h1-33H. The Balaban J connectivity index is 1.13. The van der Waals surface area contributed by atoms with E-state index in [1.54, 1.807) is 11.3 Å². The second-order valence-electron chi connectivity index (χ2n) is 15.1. The van der Waals surface area contributed by atoms with Gasteiger partial charge in [-0.1, -0.05) is 158 Å². The summed E-state index contributed by atoms with van der Waals surface area (Å²) >= 11 is 1.78. The van der Waals surface area contributed by atoms with Gasteiger partial charge in [-0.2, -0.15) is 0 Å². The number of hydrogen-bond donors (Lipinski definition) is 0. The molecule has 0 aliphatic heterocycles. The van der Waals surface area contributed by atoms with Crippen LogP contribution in [0.25, 0.3) is 116 Å². The first-order chi connectivity index (χ1) is 30.7. The second kappa shape index (κ2) is 14.8. The Morgan fingerprint density at radius 1 is 0.290 bits per heavy atom. The van der Waals surface area contributed by atoms with Crippen molar-refractivity contribution in [3.8, 4) is 74.0 Å². The maximum absolute atomic E-state index is 5.37.